The molecule has 5 heteroatoms. The first-order valence-corrected chi connectivity index (χ1v) is 5.29. The largest absolute Gasteiger partial charge is 0.573 e. The van der Waals surface area contributed by atoms with Gasteiger partial charge in [-0.05, 0) is 23.6 Å². The smallest absolute Gasteiger partial charge is 0.406 e. The molecule has 0 bridgehead atoms. The third-order valence-corrected chi connectivity index (χ3v) is 1.88. The number of ether oxygens (including phenoxy) is 2. The predicted molar refractivity (Wildman–Crippen MR) is 57.6 cm³/mol. The summed E-state index contributed by atoms with van der Waals surface area (Å²) in [5, 5.41) is 0. The van der Waals surface area contributed by atoms with Crippen molar-refractivity contribution in [3.05, 3.63) is 29.8 Å². The summed E-state index contributed by atoms with van der Waals surface area (Å²) in [5.41, 5.74) is 0.820. The Morgan fingerprint density at radius 1 is 1.12 bits per heavy atom. The van der Waals surface area contributed by atoms with Crippen molar-refractivity contribution >= 4 is 0 Å². The number of hydrogen-bond donors (Lipinski definition) is 0. The van der Waals surface area contributed by atoms with Crippen molar-refractivity contribution in [3.63, 3.8) is 0 Å². The molecule has 0 amide bonds. The van der Waals surface area contributed by atoms with Crippen molar-refractivity contribution in [2.45, 2.75) is 26.8 Å². The quantitative estimate of drug-likeness (QED) is 0.789. The highest BCUT2D eigenvalue weighted by molar-refractivity contribution is 5.26. The van der Waals surface area contributed by atoms with Crippen molar-refractivity contribution in [2.24, 2.45) is 5.92 Å². The van der Waals surface area contributed by atoms with Crippen molar-refractivity contribution < 1.29 is 22.6 Å². The van der Waals surface area contributed by atoms with Crippen molar-refractivity contribution in [2.75, 3.05) is 6.61 Å². The van der Waals surface area contributed by atoms with Gasteiger partial charge < -0.3 is 9.47 Å². The van der Waals surface area contributed by atoms with E-state index in [4.69, 9.17) is 4.74 Å². The highest BCUT2D eigenvalue weighted by atomic mass is 19.4. The van der Waals surface area contributed by atoms with Gasteiger partial charge in [0.1, 0.15) is 5.75 Å². The van der Waals surface area contributed by atoms with Crippen LogP contribution in [0.25, 0.3) is 0 Å². The Hall–Kier alpha value is -1.23. The van der Waals surface area contributed by atoms with Gasteiger partial charge in [-0.3, -0.25) is 0 Å². The molecule has 0 saturated carbocycles. The molecule has 0 atom stereocenters. The molecule has 0 spiro atoms. The van der Waals surface area contributed by atoms with E-state index in [1.807, 2.05) is 13.8 Å². The van der Waals surface area contributed by atoms with Gasteiger partial charge in [0.05, 0.1) is 6.61 Å². The van der Waals surface area contributed by atoms with Gasteiger partial charge in [-0.1, -0.05) is 26.0 Å². The number of alkyl halides is 3. The van der Waals surface area contributed by atoms with Gasteiger partial charge >= 0.3 is 6.36 Å². The summed E-state index contributed by atoms with van der Waals surface area (Å²) in [6, 6.07) is 5.67. The van der Waals surface area contributed by atoms with E-state index in [0.717, 1.165) is 5.56 Å². The molecule has 0 unspecified atom stereocenters. The first-order valence-electron chi connectivity index (χ1n) is 5.29. The summed E-state index contributed by atoms with van der Waals surface area (Å²) in [5.74, 6) is 0.216. The maximum atomic E-state index is 11.9. The molecule has 0 aromatic heterocycles. The zero-order valence-corrected chi connectivity index (χ0v) is 9.75. The van der Waals surface area contributed by atoms with Crippen LogP contribution in [-0.2, 0) is 11.3 Å². The van der Waals surface area contributed by atoms with Crippen LogP contribution in [0.15, 0.2) is 24.3 Å². The van der Waals surface area contributed by atoms with Gasteiger partial charge in [0.15, 0.2) is 0 Å². The Morgan fingerprint density at radius 3 is 2.18 bits per heavy atom. The Kier molecular flexibility index (Phi) is 4.81. The first kappa shape index (κ1) is 13.8. The van der Waals surface area contributed by atoms with Crippen LogP contribution in [0.1, 0.15) is 19.4 Å². The van der Waals surface area contributed by atoms with Crippen LogP contribution < -0.4 is 4.74 Å². The third-order valence-electron chi connectivity index (χ3n) is 1.88. The van der Waals surface area contributed by atoms with Crippen LogP contribution in [0.4, 0.5) is 13.2 Å². The molecule has 17 heavy (non-hydrogen) atoms. The summed E-state index contributed by atoms with van der Waals surface area (Å²) >= 11 is 0. The fraction of sp³-hybridized carbons (Fsp3) is 0.500. The average molecular weight is 248 g/mol. The van der Waals surface area contributed by atoms with Gasteiger partial charge in [0.25, 0.3) is 0 Å². The highest BCUT2D eigenvalue weighted by Gasteiger charge is 2.30. The molecule has 0 aliphatic heterocycles. The molecule has 2 nitrogen and oxygen atoms in total. The van der Waals surface area contributed by atoms with E-state index in [2.05, 4.69) is 4.74 Å². The van der Waals surface area contributed by atoms with Crippen molar-refractivity contribution in [1.82, 2.24) is 0 Å². The van der Waals surface area contributed by atoms with Gasteiger partial charge in [0, 0.05) is 6.61 Å². The topological polar surface area (TPSA) is 18.5 Å². The van der Waals surface area contributed by atoms with E-state index in [0.29, 0.717) is 19.1 Å². The summed E-state index contributed by atoms with van der Waals surface area (Å²) in [6.07, 6.45) is -4.64. The second-order valence-electron chi connectivity index (χ2n) is 4.10. The van der Waals surface area contributed by atoms with Gasteiger partial charge in [-0.2, -0.15) is 0 Å². The van der Waals surface area contributed by atoms with Crippen LogP contribution in [0.3, 0.4) is 0 Å². The molecule has 1 rings (SSSR count). The van der Waals surface area contributed by atoms with Crippen LogP contribution in [-0.4, -0.2) is 13.0 Å². The van der Waals surface area contributed by atoms with E-state index in [-0.39, 0.29) is 5.75 Å². The monoisotopic (exact) mass is 248 g/mol. The number of benzene rings is 1. The molecular weight excluding hydrogens is 233 g/mol. The Balaban J connectivity index is 2.45. The van der Waals surface area contributed by atoms with Crippen molar-refractivity contribution in [3.8, 4) is 5.75 Å². The van der Waals surface area contributed by atoms with E-state index >= 15 is 0 Å². The lowest BCUT2D eigenvalue weighted by atomic mass is 10.2. The zero-order valence-electron chi connectivity index (χ0n) is 9.75. The third kappa shape index (κ3) is 6.16. The standard InChI is InChI=1S/C12H15F3O2/c1-9(2)7-16-8-10-3-5-11(6-4-10)17-12(13,14)15/h3-6,9H,7-8H2,1-2H3. The van der Waals surface area contributed by atoms with Gasteiger partial charge in [0.2, 0.25) is 0 Å². The molecule has 0 fully saturated rings. The molecule has 0 radical (unpaired) electrons. The second-order valence-corrected chi connectivity index (χ2v) is 4.10. The van der Waals surface area contributed by atoms with Crippen molar-refractivity contribution in [1.29, 1.82) is 0 Å². The zero-order chi connectivity index (χ0) is 12.9. The van der Waals surface area contributed by atoms with Crippen LogP contribution in [0.5, 0.6) is 5.75 Å². The molecular formula is C12H15F3O2. The number of halogens is 3. The fourth-order valence-electron chi connectivity index (χ4n) is 1.20. The molecule has 0 aliphatic rings. The molecule has 1 aromatic carbocycles. The maximum absolute atomic E-state index is 11.9. The Bertz CT molecular complexity index is 331. The fourth-order valence-corrected chi connectivity index (χ4v) is 1.20. The van der Waals surface area contributed by atoms with E-state index in [9.17, 15) is 13.2 Å². The lowest BCUT2D eigenvalue weighted by Gasteiger charge is -2.10. The SMILES string of the molecule is CC(C)COCc1ccc(OC(F)(F)F)cc1. The normalized spacial score (nSPS) is 11.9. The Morgan fingerprint density at radius 2 is 1.71 bits per heavy atom. The molecule has 0 N–H and O–H groups in total. The lowest BCUT2D eigenvalue weighted by Crippen LogP contribution is -2.17. The minimum absolute atomic E-state index is 0.217. The second kappa shape index (κ2) is 5.91. The van der Waals surface area contributed by atoms with E-state index in [1.165, 1.54) is 12.1 Å². The molecule has 0 saturated heterocycles. The summed E-state index contributed by atoms with van der Waals surface area (Å²) in [7, 11) is 0. The van der Waals surface area contributed by atoms with E-state index < -0.39 is 6.36 Å². The van der Waals surface area contributed by atoms with Gasteiger partial charge in [-0.15, -0.1) is 13.2 Å². The molecule has 96 valence electrons. The highest BCUT2D eigenvalue weighted by Crippen LogP contribution is 2.22. The summed E-state index contributed by atoms with van der Waals surface area (Å²) in [6.45, 7) is 5.08. The average Bonchev–Trinajstić information content (AvgIpc) is 2.18. The van der Waals surface area contributed by atoms with E-state index in [1.54, 1.807) is 12.1 Å². The molecule has 0 heterocycles. The lowest BCUT2D eigenvalue weighted by molar-refractivity contribution is -0.274. The van der Waals surface area contributed by atoms with Gasteiger partial charge in [-0.25, -0.2) is 0 Å². The minimum Gasteiger partial charge on any atom is -0.406 e. The van der Waals surface area contributed by atoms with Crippen LogP contribution in [0, 0.1) is 5.92 Å². The molecule has 0 aliphatic carbocycles. The van der Waals surface area contributed by atoms with Crippen LogP contribution >= 0.6 is 0 Å². The summed E-state index contributed by atoms with van der Waals surface area (Å²) < 4.78 is 44.8. The molecule has 1 aromatic rings. The van der Waals surface area contributed by atoms with Crippen LogP contribution in [0.2, 0.25) is 0 Å². The maximum Gasteiger partial charge on any atom is 0.573 e. The first-order chi connectivity index (χ1) is 7.87. The summed E-state index contributed by atoms with van der Waals surface area (Å²) in [4.78, 5) is 0. The predicted octanol–water partition coefficient (Wildman–Crippen LogP) is 3.76. The number of rotatable bonds is 5. The Labute approximate surface area is 98.3 Å². The number of hydrogen-bond acceptors (Lipinski definition) is 2. The minimum atomic E-state index is -4.64.